The molecule has 2 aromatic carbocycles. The highest BCUT2D eigenvalue weighted by Crippen LogP contribution is 2.29. The third-order valence-electron chi connectivity index (χ3n) is 3.29. The lowest BCUT2D eigenvalue weighted by atomic mass is 10.1. The molecule has 0 spiro atoms. The summed E-state index contributed by atoms with van der Waals surface area (Å²) in [4.78, 5) is 36.8. The molecule has 1 aliphatic heterocycles. The minimum atomic E-state index is -0.830. The SMILES string of the molecule is O=C(CN1C(=O)C(=O)c2cc(F)ccc21)Nc1ccccc1. The number of para-hydroxylation sites is 1. The number of hydrogen-bond acceptors (Lipinski definition) is 3. The van der Waals surface area contributed by atoms with Gasteiger partial charge >= 0.3 is 0 Å². The van der Waals surface area contributed by atoms with Gasteiger partial charge in [-0.05, 0) is 30.3 Å². The van der Waals surface area contributed by atoms with E-state index in [1.54, 1.807) is 24.3 Å². The maximum atomic E-state index is 13.2. The van der Waals surface area contributed by atoms with Crippen molar-refractivity contribution >= 4 is 29.0 Å². The van der Waals surface area contributed by atoms with Gasteiger partial charge in [0.25, 0.3) is 11.7 Å². The monoisotopic (exact) mass is 298 g/mol. The molecule has 1 heterocycles. The third-order valence-corrected chi connectivity index (χ3v) is 3.29. The molecule has 0 unspecified atom stereocenters. The molecule has 6 heteroatoms. The summed E-state index contributed by atoms with van der Waals surface area (Å²) in [6.07, 6.45) is 0. The van der Waals surface area contributed by atoms with Crippen molar-refractivity contribution in [3.63, 3.8) is 0 Å². The average Bonchev–Trinajstić information content (AvgIpc) is 2.73. The second-order valence-corrected chi connectivity index (χ2v) is 4.80. The van der Waals surface area contributed by atoms with Crippen LogP contribution in [0.5, 0.6) is 0 Å². The highest BCUT2D eigenvalue weighted by atomic mass is 19.1. The maximum absolute atomic E-state index is 13.2. The molecular formula is C16H11FN2O3. The lowest BCUT2D eigenvalue weighted by molar-refractivity contribution is -0.118. The second-order valence-electron chi connectivity index (χ2n) is 4.80. The van der Waals surface area contributed by atoms with Gasteiger partial charge in [0.05, 0.1) is 11.3 Å². The highest BCUT2D eigenvalue weighted by molar-refractivity contribution is 6.52. The predicted octanol–water partition coefficient (Wildman–Crippen LogP) is 1.99. The van der Waals surface area contributed by atoms with E-state index in [-0.39, 0.29) is 17.8 Å². The Balaban J connectivity index is 1.80. The summed E-state index contributed by atoms with van der Waals surface area (Å²) in [6.45, 7) is -0.307. The van der Waals surface area contributed by atoms with Crippen molar-refractivity contribution in [1.82, 2.24) is 0 Å². The van der Waals surface area contributed by atoms with Crippen LogP contribution in [0.15, 0.2) is 48.5 Å². The molecule has 22 heavy (non-hydrogen) atoms. The van der Waals surface area contributed by atoms with E-state index in [9.17, 15) is 18.8 Å². The summed E-state index contributed by atoms with van der Waals surface area (Å²) >= 11 is 0. The number of amides is 2. The normalized spacial score (nSPS) is 13.2. The first-order chi connectivity index (χ1) is 10.6. The fraction of sp³-hybridized carbons (Fsp3) is 0.0625. The lowest BCUT2D eigenvalue weighted by Crippen LogP contribution is -2.37. The van der Waals surface area contributed by atoms with Crippen molar-refractivity contribution in [3.05, 3.63) is 59.9 Å². The number of benzene rings is 2. The van der Waals surface area contributed by atoms with E-state index in [0.29, 0.717) is 5.69 Å². The van der Waals surface area contributed by atoms with Crippen LogP contribution in [-0.2, 0) is 9.59 Å². The Morgan fingerprint density at radius 1 is 1.09 bits per heavy atom. The Bertz CT molecular complexity index is 774. The molecule has 2 amide bonds. The van der Waals surface area contributed by atoms with E-state index in [2.05, 4.69) is 5.32 Å². The maximum Gasteiger partial charge on any atom is 0.299 e. The molecule has 0 saturated carbocycles. The van der Waals surface area contributed by atoms with Crippen molar-refractivity contribution in [2.75, 3.05) is 16.8 Å². The number of carbonyl (C=O) groups excluding carboxylic acids is 3. The van der Waals surface area contributed by atoms with E-state index >= 15 is 0 Å². The van der Waals surface area contributed by atoms with Crippen LogP contribution in [0.2, 0.25) is 0 Å². The zero-order valence-electron chi connectivity index (χ0n) is 11.4. The first-order valence-corrected chi connectivity index (χ1v) is 6.57. The van der Waals surface area contributed by atoms with Crippen LogP contribution in [0.4, 0.5) is 15.8 Å². The molecule has 0 aliphatic carbocycles. The zero-order valence-corrected chi connectivity index (χ0v) is 11.4. The Morgan fingerprint density at radius 2 is 1.82 bits per heavy atom. The summed E-state index contributed by atoms with van der Waals surface area (Å²) in [5.41, 5.74) is 0.821. The molecule has 0 fully saturated rings. The third kappa shape index (κ3) is 2.46. The number of carbonyl (C=O) groups is 3. The van der Waals surface area contributed by atoms with Crippen LogP contribution in [0, 0.1) is 5.82 Å². The molecule has 1 N–H and O–H groups in total. The van der Waals surface area contributed by atoms with Crippen molar-refractivity contribution < 1.29 is 18.8 Å². The van der Waals surface area contributed by atoms with Crippen LogP contribution in [-0.4, -0.2) is 24.1 Å². The van der Waals surface area contributed by atoms with Gasteiger partial charge in [-0.3, -0.25) is 19.3 Å². The van der Waals surface area contributed by atoms with Gasteiger partial charge in [-0.15, -0.1) is 0 Å². The van der Waals surface area contributed by atoms with Gasteiger partial charge in [-0.25, -0.2) is 4.39 Å². The van der Waals surface area contributed by atoms with Gasteiger partial charge in [-0.1, -0.05) is 18.2 Å². The molecule has 0 bridgehead atoms. The Kier molecular flexibility index (Phi) is 3.42. The predicted molar refractivity (Wildman–Crippen MR) is 78.2 cm³/mol. The van der Waals surface area contributed by atoms with Crippen LogP contribution >= 0.6 is 0 Å². The second kappa shape index (κ2) is 5.40. The van der Waals surface area contributed by atoms with Crippen molar-refractivity contribution in [1.29, 1.82) is 0 Å². The van der Waals surface area contributed by atoms with E-state index in [1.165, 1.54) is 6.07 Å². The average molecular weight is 298 g/mol. The molecule has 1 aliphatic rings. The smallest absolute Gasteiger partial charge is 0.299 e. The lowest BCUT2D eigenvalue weighted by Gasteiger charge is -2.16. The van der Waals surface area contributed by atoms with Gasteiger partial charge in [-0.2, -0.15) is 0 Å². The molecule has 0 aromatic heterocycles. The number of hydrogen-bond donors (Lipinski definition) is 1. The van der Waals surface area contributed by atoms with Crippen LogP contribution in [0.3, 0.4) is 0 Å². The first-order valence-electron chi connectivity index (χ1n) is 6.57. The fourth-order valence-corrected chi connectivity index (χ4v) is 2.30. The summed E-state index contributed by atoms with van der Waals surface area (Å²) in [5.74, 6) is -2.68. The fourth-order valence-electron chi connectivity index (χ4n) is 2.30. The summed E-state index contributed by atoms with van der Waals surface area (Å²) in [7, 11) is 0. The molecule has 2 aromatic rings. The zero-order chi connectivity index (χ0) is 15.7. The van der Waals surface area contributed by atoms with Gasteiger partial charge in [0.2, 0.25) is 5.91 Å². The van der Waals surface area contributed by atoms with Crippen LogP contribution < -0.4 is 10.2 Å². The topological polar surface area (TPSA) is 66.5 Å². The number of Topliss-reactive ketones (excluding diaryl/α,β-unsaturated/α-hetero) is 1. The van der Waals surface area contributed by atoms with Gasteiger partial charge in [0.1, 0.15) is 12.4 Å². The number of rotatable bonds is 3. The molecular weight excluding hydrogens is 287 g/mol. The van der Waals surface area contributed by atoms with Gasteiger partial charge in [0.15, 0.2) is 0 Å². The number of nitrogens with one attached hydrogen (secondary N) is 1. The molecule has 5 nitrogen and oxygen atoms in total. The summed E-state index contributed by atoms with van der Waals surface area (Å²) in [6, 6.07) is 12.2. The van der Waals surface area contributed by atoms with Crippen molar-refractivity contribution in [3.8, 4) is 0 Å². The van der Waals surface area contributed by atoms with E-state index < -0.39 is 23.4 Å². The van der Waals surface area contributed by atoms with Crippen LogP contribution in [0.1, 0.15) is 10.4 Å². The van der Waals surface area contributed by atoms with E-state index in [1.807, 2.05) is 6.07 Å². The number of nitrogens with zero attached hydrogens (tertiary/aromatic N) is 1. The molecule has 0 radical (unpaired) electrons. The summed E-state index contributed by atoms with van der Waals surface area (Å²) < 4.78 is 13.2. The van der Waals surface area contributed by atoms with E-state index in [4.69, 9.17) is 0 Å². The molecule has 3 rings (SSSR count). The van der Waals surface area contributed by atoms with Gasteiger partial charge in [0, 0.05) is 5.69 Å². The first kappa shape index (κ1) is 13.9. The summed E-state index contributed by atoms with van der Waals surface area (Å²) in [5, 5.41) is 2.63. The number of ketones is 1. The van der Waals surface area contributed by atoms with Crippen molar-refractivity contribution in [2.45, 2.75) is 0 Å². The molecule has 110 valence electrons. The van der Waals surface area contributed by atoms with E-state index in [0.717, 1.165) is 17.0 Å². The minimum absolute atomic E-state index is 0.0162. The Morgan fingerprint density at radius 3 is 2.55 bits per heavy atom. The van der Waals surface area contributed by atoms with Gasteiger partial charge < -0.3 is 5.32 Å². The molecule has 0 saturated heterocycles. The standard InChI is InChI=1S/C16H11FN2O3/c17-10-6-7-13-12(8-10)15(21)16(22)19(13)9-14(20)18-11-4-2-1-3-5-11/h1-8H,9H2,(H,18,20). The Labute approximate surface area is 125 Å². The number of fused-ring (bicyclic) bond motifs is 1. The Hall–Kier alpha value is -3.02. The van der Waals surface area contributed by atoms with Crippen LogP contribution in [0.25, 0.3) is 0 Å². The number of anilines is 2. The quantitative estimate of drug-likeness (QED) is 0.881. The molecule has 0 atom stereocenters. The van der Waals surface area contributed by atoms with Crippen molar-refractivity contribution in [2.24, 2.45) is 0 Å². The number of halogens is 1. The largest absolute Gasteiger partial charge is 0.325 e. The highest BCUT2D eigenvalue weighted by Gasteiger charge is 2.37. The minimum Gasteiger partial charge on any atom is -0.325 e.